The van der Waals surface area contributed by atoms with Gasteiger partial charge in [0.1, 0.15) is 11.2 Å². The quantitative estimate of drug-likeness (QED) is 0.509. The van der Waals surface area contributed by atoms with Crippen LogP contribution >= 0.6 is 0 Å². The first-order valence-electron chi connectivity index (χ1n) is 9.16. The average molecular weight is 384 g/mol. The first-order chi connectivity index (χ1) is 14.1. The van der Waals surface area contributed by atoms with Gasteiger partial charge >= 0.3 is 0 Å². The first-order valence-corrected chi connectivity index (χ1v) is 9.16. The van der Waals surface area contributed by atoms with E-state index < -0.39 is 0 Å². The van der Waals surface area contributed by atoms with Gasteiger partial charge in [-0.05, 0) is 23.8 Å². The fourth-order valence-electron chi connectivity index (χ4n) is 3.38. The number of carbonyl (C=O) groups is 1. The molecule has 3 aromatic heterocycles. The summed E-state index contributed by atoms with van der Waals surface area (Å²) >= 11 is 0. The summed E-state index contributed by atoms with van der Waals surface area (Å²) in [4.78, 5) is 16.3. The summed E-state index contributed by atoms with van der Waals surface area (Å²) in [6, 6.07) is 12.1. The predicted octanol–water partition coefficient (Wildman–Crippen LogP) is 4.98. The molecule has 0 saturated heterocycles. The number of rotatable bonds is 6. The van der Waals surface area contributed by atoms with Crippen LogP contribution < -0.4 is 5.32 Å². The molecule has 0 spiro atoms. The Kier molecular flexibility index (Phi) is 4.83. The highest BCUT2D eigenvalue weighted by Crippen LogP contribution is 2.33. The van der Waals surface area contributed by atoms with Crippen molar-refractivity contribution in [3.05, 3.63) is 79.0 Å². The Morgan fingerprint density at radius 3 is 2.72 bits per heavy atom. The van der Waals surface area contributed by atoms with Crippen LogP contribution in [-0.2, 0) is 11.3 Å². The zero-order chi connectivity index (χ0) is 20.4. The fourth-order valence-corrected chi connectivity index (χ4v) is 3.38. The van der Waals surface area contributed by atoms with E-state index in [1.54, 1.807) is 18.3 Å². The molecule has 29 heavy (non-hydrogen) atoms. The van der Waals surface area contributed by atoms with Crippen molar-refractivity contribution in [2.45, 2.75) is 13.5 Å². The molecule has 0 atom stereocenters. The highest BCUT2D eigenvalue weighted by molar-refractivity contribution is 6.00. The third-order valence-corrected chi connectivity index (χ3v) is 4.64. The van der Waals surface area contributed by atoms with E-state index in [0.717, 1.165) is 27.7 Å². The average Bonchev–Trinajstić information content (AvgIpc) is 3.29. The molecule has 6 nitrogen and oxygen atoms in total. The topological polar surface area (TPSA) is 73.0 Å². The van der Waals surface area contributed by atoms with Gasteiger partial charge in [0.15, 0.2) is 5.76 Å². The molecule has 1 amide bonds. The summed E-state index contributed by atoms with van der Waals surface area (Å²) in [5.74, 6) is 0.417. The molecule has 4 rings (SSSR count). The summed E-state index contributed by atoms with van der Waals surface area (Å²) in [5, 5.41) is 6.91. The van der Waals surface area contributed by atoms with Crippen LogP contribution in [0.1, 0.15) is 23.9 Å². The maximum Gasteiger partial charge on any atom is 0.221 e. The highest BCUT2D eigenvalue weighted by atomic mass is 16.5. The van der Waals surface area contributed by atoms with Crippen molar-refractivity contribution >= 4 is 34.8 Å². The number of anilines is 1. The van der Waals surface area contributed by atoms with Crippen molar-refractivity contribution in [2.24, 2.45) is 0 Å². The largest absolute Gasteiger partial charge is 0.356 e. The minimum absolute atomic E-state index is 0.142. The summed E-state index contributed by atoms with van der Waals surface area (Å²) < 4.78 is 7.43. The van der Waals surface area contributed by atoms with Gasteiger partial charge in [-0.3, -0.25) is 9.78 Å². The normalized spacial score (nSPS) is 10.8. The molecule has 0 bridgehead atoms. The second-order valence-corrected chi connectivity index (χ2v) is 6.64. The lowest BCUT2D eigenvalue weighted by Crippen LogP contribution is -2.05. The van der Waals surface area contributed by atoms with Crippen LogP contribution in [0.2, 0.25) is 0 Å². The molecule has 0 aliphatic rings. The van der Waals surface area contributed by atoms with Crippen LogP contribution in [0.15, 0.2) is 66.5 Å². The summed E-state index contributed by atoms with van der Waals surface area (Å²) in [7, 11) is 0. The molecule has 1 aromatic carbocycles. The van der Waals surface area contributed by atoms with Crippen molar-refractivity contribution in [2.75, 3.05) is 5.32 Å². The molecule has 0 fully saturated rings. The Bertz CT molecular complexity index is 1190. The zero-order valence-corrected chi connectivity index (χ0v) is 16.1. The molecule has 6 heteroatoms. The molecule has 3 heterocycles. The zero-order valence-electron chi connectivity index (χ0n) is 16.1. The molecule has 144 valence electrons. The SMILES string of the molecule is C=Cc1noc(C=C)c1-c1cnc2c(NC(C)=O)cn(Cc3ccccc3)c2c1. The monoisotopic (exact) mass is 384 g/mol. The van der Waals surface area contributed by atoms with Gasteiger partial charge < -0.3 is 14.4 Å². The van der Waals surface area contributed by atoms with Crippen molar-refractivity contribution < 1.29 is 9.32 Å². The predicted molar refractivity (Wildman–Crippen MR) is 115 cm³/mol. The van der Waals surface area contributed by atoms with Gasteiger partial charge in [-0.2, -0.15) is 0 Å². The lowest BCUT2D eigenvalue weighted by Gasteiger charge is -2.07. The number of nitrogens with one attached hydrogen (secondary N) is 1. The summed E-state index contributed by atoms with van der Waals surface area (Å²) in [6.07, 6.45) is 6.91. The first kappa shape index (κ1) is 18.4. The molecule has 0 radical (unpaired) electrons. The van der Waals surface area contributed by atoms with E-state index in [0.29, 0.717) is 23.7 Å². The van der Waals surface area contributed by atoms with E-state index in [9.17, 15) is 4.79 Å². The Balaban J connectivity index is 1.89. The lowest BCUT2D eigenvalue weighted by atomic mass is 10.0. The van der Waals surface area contributed by atoms with Crippen LogP contribution in [0, 0.1) is 0 Å². The van der Waals surface area contributed by atoms with Crippen molar-refractivity contribution in [1.82, 2.24) is 14.7 Å². The minimum atomic E-state index is -0.142. The third-order valence-electron chi connectivity index (χ3n) is 4.64. The van der Waals surface area contributed by atoms with E-state index in [2.05, 4.69) is 45.3 Å². The number of amides is 1. The third kappa shape index (κ3) is 3.48. The molecular weight excluding hydrogens is 364 g/mol. The minimum Gasteiger partial charge on any atom is -0.356 e. The van der Waals surface area contributed by atoms with Crippen LogP contribution in [0.4, 0.5) is 5.69 Å². The number of hydrogen-bond donors (Lipinski definition) is 1. The van der Waals surface area contributed by atoms with E-state index in [4.69, 9.17) is 4.52 Å². The molecule has 0 aliphatic carbocycles. The molecule has 1 N–H and O–H groups in total. The van der Waals surface area contributed by atoms with E-state index in [-0.39, 0.29) is 5.91 Å². The number of aromatic nitrogens is 3. The van der Waals surface area contributed by atoms with E-state index in [1.807, 2.05) is 30.5 Å². The molecule has 0 aliphatic heterocycles. The van der Waals surface area contributed by atoms with Crippen molar-refractivity contribution in [3.8, 4) is 11.1 Å². The van der Waals surface area contributed by atoms with Gasteiger partial charge in [0.05, 0.1) is 16.8 Å². The maximum atomic E-state index is 11.7. The molecule has 0 saturated carbocycles. The van der Waals surface area contributed by atoms with Gasteiger partial charge in [-0.15, -0.1) is 0 Å². The number of nitrogens with zero attached hydrogens (tertiary/aromatic N) is 3. The molecule has 4 aromatic rings. The molecular formula is C23H20N4O2. The van der Waals surface area contributed by atoms with Gasteiger partial charge in [0.25, 0.3) is 0 Å². The number of pyridine rings is 1. The Labute approximate surface area is 168 Å². The van der Waals surface area contributed by atoms with Crippen LogP contribution in [-0.4, -0.2) is 20.6 Å². The van der Waals surface area contributed by atoms with Gasteiger partial charge in [0.2, 0.25) is 5.91 Å². The second kappa shape index (κ2) is 7.59. The Morgan fingerprint density at radius 2 is 2.03 bits per heavy atom. The van der Waals surface area contributed by atoms with Gasteiger partial charge in [0, 0.05) is 31.4 Å². The lowest BCUT2D eigenvalue weighted by molar-refractivity contribution is -0.114. The fraction of sp³-hybridized carbons (Fsp3) is 0.0870. The van der Waals surface area contributed by atoms with Crippen LogP contribution in [0.5, 0.6) is 0 Å². The van der Waals surface area contributed by atoms with Crippen LogP contribution in [0.3, 0.4) is 0 Å². The van der Waals surface area contributed by atoms with Gasteiger partial charge in [-0.25, -0.2) is 0 Å². The van der Waals surface area contributed by atoms with E-state index in [1.165, 1.54) is 6.92 Å². The number of hydrogen-bond acceptors (Lipinski definition) is 4. The highest BCUT2D eigenvalue weighted by Gasteiger charge is 2.18. The van der Waals surface area contributed by atoms with Crippen LogP contribution in [0.25, 0.3) is 34.3 Å². The van der Waals surface area contributed by atoms with Crippen molar-refractivity contribution in [3.63, 3.8) is 0 Å². The Hall–Kier alpha value is -3.93. The summed E-state index contributed by atoms with van der Waals surface area (Å²) in [6.45, 7) is 9.74. The standard InChI is InChI=1S/C23H20N4O2/c1-4-18-22(21(5-2)29-26-18)17-11-20-23(24-12-17)19(25-15(3)28)14-27(20)13-16-9-7-6-8-10-16/h4-12,14H,1-2,13H2,3H3,(H,25,28). The number of benzene rings is 1. The number of carbonyl (C=O) groups excluding carboxylic acids is 1. The number of fused-ring (bicyclic) bond motifs is 1. The summed E-state index contributed by atoms with van der Waals surface area (Å²) in [5.41, 5.74) is 5.69. The smallest absolute Gasteiger partial charge is 0.221 e. The van der Waals surface area contributed by atoms with Crippen molar-refractivity contribution in [1.29, 1.82) is 0 Å². The molecule has 0 unspecified atom stereocenters. The Morgan fingerprint density at radius 1 is 1.24 bits per heavy atom. The maximum absolute atomic E-state index is 11.7. The van der Waals surface area contributed by atoms with E-state index >= 15 is 0 Å². The van der Waals surface area contributed by atoms with Gasteiger partial charge in [-0.1, -0.05) is 48.6 Å². The second-order valence-electron chi connectivity index (χ2n) is 6.64.